The van der Waals surface area contributed by atoms with Crippen molar-refractivity contribution < 1.29 is 13.5 Å². The minimum absolute atomic E-state index is 0.0999. The molecule has 1 unspecified atom stereocenters. The molecule has 2 rings (SSSR count). The third-order valence-corrected chi connectivity index (χ3v) is 3.24. The molecule has 0 bridgehead atoms. The van der Waals surface area contributed by atoms with Gasteiger partial charge in [0.05, 0.1) is 12.6 Å². The Hall–Kier alpha value is -1.78. The van der Waals surface area contributed by atoms with Gasteiger partial charge in [0.1, 0.15) is 11.6 Å². The van der Waals surface area contributed by atoms with Crippen LogP contribution in [0.2, 0.25) is 0 Å². The van der Waals surface area contributed by atoms with E-state index in [1.54, 1.807) is 19.2 Å². The second-order valence-corrected chi connectivity index (χ2v) is 4.60. The summed E-state index contributed by atoms with van der Waals surface area (Å²) in [5.74, 6) is -1.25. The van der Waals surface area contributed by atoms with Crippen LogP contribution in [-0.4, -0.2) is 13.7 Å². The molecule has 1 atom stereocenters. The second kappa shape index (κ2) is 6.59. The molecule has 0 heterocycles. The van der Waals surface area contributed by atoms with Gasteiger partial charge in [0.15, 0.2) is 0 Å². The Morgan fingerprint density at radius 3 is 2.20 bits per heavy atom. The van der Waals surface area contributed by atoms with Crippen LogP contribution in [-0.2, 0) is 11.2 Å². The number of methoxy groups -OCH3 is 1. The maximum Gasteiger partial charge on any atom is 0.131 e. The van der Waals surface area contributed by atoms with E-state index in [9.17, 15) is 8.78 Å². The zero-order valence-electron chi connectivity index (χ0n) is 11.3. The Morgan fingerprint density at radius 1 is 1.05 bits per heavy atom. The number of ether oxygens (including phenoxy) is 1. The first-order valence-corrected chi connectivity index (χ1v) is 6.40. The van der Waals surface area contributed by atoms with Crippen molar-refractivity contribution in [2.45, 2.75) is 12.5 Å². The van der Waals surface area contributed by atoms with Gasteiger partial charge in [0, 0.05) is 12.7 Å². The Balaban J connectivity index is 2.23. The van der Waals surface area contributed by atoms with Gasteiger partial charge in [-0.25, -0.2) is 8.78 Å². The monoisotopic (exact) mass is 277 g/mol. The summed E-state index contributed by atoms with van der Waals surface area (Å²) in [5, 5.41) is 0. The van der Waals surface area contributed by atoms with Crippen molar-refractivity contribution >= 4 is 0 Å². The summed E-state index contributed by atoms with van der Waals surface area (Å²) in [6, 6.07) is 10.3. The van der Waals surface area contributed by atoms with Crippen LogP contribution < -0.4 is 5.73 Å². The van der Waals surface area contributed by atoms with E-state index in [-0.39, 0.29) is 5.56 Å². The molecule has 0 fully saturated rings. The van der Waals surface area contributed by atoms with Gasteiger partial charge in [-0.1, -0.05) is 30.3 Å². The van der Waals surface area contributed by atoms with Crippen LogP contribution in [0.4, 0.5) is 8.78 Å². The van der Waals surface area contributed by atoms with Gasteiger partial charge < -0.3 is 10.5 Å². The molecule has 2 aromatic carbocycles. The zero-order valence-corrected chi connectivity index (χ0v) is 11.3. The summed E-state index contributed by atoms with van der Waals surface area (Å²) in [4.78, 5) is 0. The molecule has 0 radical (unpaired) electrons. The van der Waals surface area contributed by atoms with E-state index in [2.05, 4.69) is 0 Å². The van der Waals surface area contributed by atoms with Gasteiger partial charge in [0.25, 0.3) is 0 Å². The SMILES string of the molecule is COCCc1ccc(C(N)c2c(F)cccc2F)cc1. The van der Waals surface area contributed by atoms with Gasteiger partial charge in [-0.05, 0) is 29.7 Å². The number of hydrogen-bond acceptors (Lipinski definition) is 2. The Morgan fingerprint density at radius 2 is 1.65 bits per heavy atom. The standard InChI is InChI=1S/C16H17F2NO/c1-20-10-9-11-5-7-12(8-6-11)16(19)15-13(17)3-2-4-14(15)18/h2-8,16H,9-10,19H2,1H3. The fourth-order valence-corrected chi connectivity index (χ4v) is 2.09. The molecule has 0 saturated carbocycles. The van der Waals surface area contributed by atoms with Crippen LogP contribution in [0.15, 0.2) is 42.5 Å². The van der Waals surface area contributed by atoms with Crippen LogP contribution in [0.5, 0.6) is 0 Å². The van der Waals surface area contributed by atoms with Crippen LogP contribution in [0, 0.1) is 11.6 Å². The van der Waals surface area contributed by atoms with Crippen molar-refractivity contribution in [1.29, 1.82) is 0 Å². The Bertz CT molecular complexity index is 549. The average Bonchev–Trinajstić information content (AvgIpc) is 2.45. The van der Waals surface area contributed by atoms with E-state index >= 15 is 0 Å². The molecule has 0 saturated heterocycles. The molecule has 0 aliphatic heterocycles. The summed E-state index contributed by atoms with van der Waals surface area (Å²) in [6.07, 6.45) is 0.792. The van der Waals surface area contributed by atoms with Crippen LogP contribution in [0.25, 0.3) is 0 Å². The van der Waals surface area contributed by atoms with E-state index in [0.717, 1.165) is 12.0 Å². The highest BCUT2D eigenvalue weighted by molar-refractivity contribution is 5.34. The molecule has 2 nitrogen and oxygen atoms in total. The number of halogens is 2. The fraction of sp³-hybridized carbons (Fsp3) is 0.250. The summed E-state index contributed by atoms with van der Waals surface area (Å²) < 4.78 is 32.4. The number of nitrogens with two attached hydrogens (primary N) is 1. The molecule has 2 N–H and O–H groups in total. The zero-order chi connectivity index (χ0) is 14.5. The summed E-state index contributed by atoms with van der Waals surface area (Å²) in [7, 11) is 1.64. The predicted molar refractivity (Wildman–Crippen MR) is 74.4 cm³/mol. The van der Waals surface area contributed by atoms with Crippen molar-refractivity contribution in [3.05, 3.63) is 70.8 Å². The number of benzene rings is 2. The number of rotatable bonds is 5. The predicted octanol–water partition coefficient (Wildman–Crippen LogP) is 3.20. The normalized spacial score (nSPS) is 12.4. The van der Waals surface area contributed by atoms with Gasteiger partial charge >= 0.3 is 0 Å². The first kappa shape index (κ1) is 14.6. The third kappa shape index (κ3) is 3.21. The first-order valence-electron chi connectivity index (χ1n) is 6.40. The number of hydrogen-bond donors (Lipinski definition) is 1. The van der Waals surface area contributed by atoms with Gasteiger partial charge in [-0.15, -0.1) is 0 Å². The Labute approximate surface area is 117 Å². The Kier molecular flexibility index (Phi) is 4.82. The van der Waals surface area contributed by atoms with Gasteiger partial charge in [-0.2, -0.15) is 0 Å². The first-order chi connectivity index (χ1) is 9.63. The molecule has 2 aromatic rings. The average molecular weight is 277 g/mol. The summed E-state index contributed by atoms with van der Waals surface area (Å²) in [6.45, 7) is 0.632. The highest BCUT2D eigenvalue weighted by Crippen LogP contribution is 2.25. The minimum atomic E-state index is -0.812. The van der Waals surface area contributed by atoms with Crippen molar-refractivity contribution in [1.82, 2.24) is 0 Å². The topological polar surface area (TPSA) is 35.2 Å². The second-order valence-electron chi connectivity index (χ2n) is 4.60. The van der Waals surface area contributed by atoms with Crippen molar-refractivity contribution in [3.8, 4) is 0 Å². The lowest BCUT2D eigenvalue weighted by atomic mass is 9.97. The molecular formula is C16H17F2NO. The van der Waals surface area contributed by atoms with Crippen LogP contribution in [0.3, 0.4) is 0 Å². The van der Waals surface area contributed by atoms with Crippen LogP contribution in [0.1, 0.15) is 22.7 Å². The third-order valence-electron chi connectivity index (χ3n) is 3.24. The molecule has 0 aromatic heterocycles. The quantitative estimate of drug-likeness (QED) is 0.911. The fourth-order valence-electron chi connectivity index (χ4n) is 2.09. The van der Waals surface area contributed by atoms with Crippen LogP contribution >= 0.6 is 0 Å². The van der Waals surface area contributed by atoms with Crippen molar-refractivity contribution in [2.24, 2.45) is 5.73 Å². The van der Waals surface area contributed by atoms with Crippen molar-refractivity contribution in [3.63, 3.8) is 0 Å². The highest BCUT2D eigenvalue weighted by atomic mass is 19.1. The lowest BCUT2D eigenvalue weighted by Crippen LogP contribution is -2.15. The smallest absolute Gasteiger partial charge is 0.131 e. The lowest BCUT2D eigenvalue weighted by Gasteiger charge is -2.15. The van der Waals surface area contributed by atoms with E-state index in [0.29, 0.717) is 12.2 Å². The molecule has 0 amide bonds. The lowest BCUT2D eigenvalue weighted by molar-refractivity contribution is 0.202. The van der Waals surface area contributed by atoms with E-state index < -0.39 is 17.7 Å². The molecule has 0 spiro atoms. The molecule has 106 valence electrons. The minimum Gasteiger partial charge on any atom is -0.384 e. The van der Waals surface area contributed by atoms with E-state index in [1.165, 1.54) is 18.2 Å². The van der Waals surface area contributed by atoms with Crippen molar-refractivity contribution in [2.75, 3.05) is 13.7 Å². The molecule has 20 heavy (non-hydrogen) atoms. The maximum atomic E-state index is 13.7. The largest absolute Gasteiger partial charge is 0.384 e. The van der Waals surface area contributed by atoms with Gasteiger partial charge in [0.2, 0.25) is 0 Å². The highest BCUT2D eigenvalue weighted by Gasteiger charge is 2.17. The van der Waals surface area contributed by atoms with E-state index in [1.807, 2.05) is 12.1 Å². The summed E-state index contributed by atoms with van der Waals surface area (Å²) in [5.41, 5.74) is 7.63. The summed E-state index contributed by atoms with van der Waals surface area (Å²) >= 11 is 0. The molecular weight excluding hydrogens is 260 g/mol. The van der Waals surface area contributed by atoms with E-state index in [4.69, 9.17) is 10.5 Å². The maximum absolute atomic E-state index is 13.7. The molecule has 0 aliphatic carbocycles. The molecule has 4 heteroatoms. The molecule has 0 aliphatic rings. The van der Waals surface area contributed by atoms with Gasteiger partial charge in [-0.3, -0.25) is 0 Å².